The Hall–Kier alpha value is -2.77. The Morgan fingerprint density at radius 2 is 2.12 bits per heavy atom. The molecule has 0 aliphatic carbocycles. The van der Waals surface area contributed by atoms with E-state index in [1.165, 1.54) is 19.6 Å². The first-order valence-electron chi connectivity index (χ1n) is 7.65. The molecule has 0 unspecified atom stereocenters. The van der Waals surface area contributed by atoms with Crippen molar-refractivity contribution < 1.29 is 33.1 Å². The van der Waals surface area contributed by atoms with Crippen LogP contribution in [0.25, 0.3) is 5.53 Å². The molecule has 2 atom stereocenters. The first kappa shape index (κ1) is 20.3. The average molecular weight is 351 g/mol. The van der Waals surface area contributed by atoms with Crippen molar-refractivity contribution >= 4 is 23.9 Å². The molecule has 1 aromatic rings. The molecule has 0 radical (unpaired) electrons. The van der Waals surface area contributed by atoms with Crippen LogP contribution in [-0.2, 0) is 23.9 Å². The van der Waals surface area contributed by atoms with E-state index in [0.717, 1.165) is 6.21 Å². The molecule has 0 bridgehead atoms. The standard InChI is InChI=1S/C16H21N3O6/c1-10(2)25-16(22)13(5-4-12(20)8-18-17)19-15(21)14(23-3)11-6-7-24-9-11/h6-10,13-14H,4-5H2,1-3H3,(H,19,21)/t13-,14+/m0/s1. The molecular formula is C16H21N3O6. The van der Waals surface area contributed by atoms with Gasteiger partial charge in [0.2, 0.25) is 5.78 Å². The van der Waals surface area contributed by atoms with E-state index in [1.54, 1.807) is 19.9 Å². The molecule has 0 saturated heterocycles. The van der Waals surface area contributed by atoms with Gasteiger partial charge in [0.05, 0.1) is 18.6 Å². The third-order valence-corrected chi connectivity index (χ3v) is 3.15. The molecule has 1 rings (SSSR count). The van der Waals surface area contributed by atoms with Gasteiger partial charge in [-0.3, -0.25) is 9.59 Å². The molecule has 1 amide bonds. The van der Waals surface area contributed by atoms with Gasteiger partial charge in [-0.25, -0.2) is 4.79 Å². The summed E-state index contributed by atoms with van der Waals surface area (Å²) < 4.78 is 15.2. The molecule has 1 heterocycles. The molecule has 0 fully saturated rings. The van der Waals surface area contributed by atoms with Gasteiger partial charge in [0.1, 0.15) is 6.04 Å². The summed E-state index contributed by atoms with van der Waals surface area (Å²) in [5.41, 5.74) is 8.83. The van der Waals surface area contributed by atoms with Crippen LogP contribution in [0.3, 0.4) is 0 Å². The third kappa shape index (κ3) is 6.70. The molecule has 25 heavy (non-hydrogen) atoms. The topological polar surface area (TPSA) is 131 Å². The Morgan fingerprint density at radius 1 is 1.40 bits per heavy atom. The van der Waals surface area contributed by atoms with E-state index in [1.807, 2.05) is 0 Å². The highest BCUT2D eigenvalue weighted by Gasteiger charge is 2.29. The minimum atomic E-state index is -1.05. The van der Waals surface area contributed by atoms with Gasteiger partial charge < -0.3 is 24.7 Å². The van der Waals surface area contributed by atoms with E-state index in [9.17, 15) is 14.4 Å². The lowest BCUT2D eigenvalue weighted by atomic mass is 10.1. The Balaban J connectivity index is 2.83. The van der Waals surface area contributed by atoms with Crippen molar-refractivity contribution in [2.45, 2.75) is 44.9 Å². The highest BCUT2D eigenvalue weighted by molar-refractivity contribution is 6.25. The number of methoxy groups -OCH3 is 1. The van der Waals surface area contributed by atoms with E-state index in [4.69, 9.17) is 19.4 Å². The second-order valence-electron chi connectivity index (χ2n) is 5.47. The van der Waals surface area contributed by atoms with E-state index >= 15 is 0 Å². The lowest BCUT2D eigenvalue weighted by Gasteiger charge is -2.21. The number of esters is 1. The van der Waals surface area contributed by atoms with Gasteiger partial charge in [-0.05, 0) is 26.3 Å². The number of carbonyl (C=O) groups is 3. The van der Waals surface area contributed by atoms with Crippen molar-refractivity contribution in [1.29, 1.82) is 0 Å². The summed E-state index contributed by atoms with van der Waals surface area (Å²) in [6.07, 6.45) is 2.02. The van der Waals surface area contributed by atoms with E-state index in [-0.39, 0.29) is 18.9 Å². The lowest BCUT2D eigenvalue weighted by Crippen LogP contribution is -2.45. The van der Waals surface area contributed by atoms with Crippen LogP contribution in [0.4, 0.5) is 0 Å². The molecule has 9 nitrogen and oxygen atoms in total. The number of furan rings is 1. The molecule has 136 valence electrons. The Morgan fingerprint density at radius 3 is 2.64 bits per heavy atom. The molecule has 9 heteroatoms. The number of ketones is 1. The number of hydrogen-bond acceptors (Lipinski definition) is 6. The normalized spacial score (nSPS) is 12.8. The average Bonchev–Trinajstić information content (AvgIpc) is 3.05. The van der Waals surface area contributed by atoms with Gasteiger partial charge in [0, 0.05) is 19.1 Å². The van der Waals surface area contributed by atoms with Crippen LogP contribution in [0.2, 0.25) is 0 Å². The fourth-order valence-electron chi connectivity index (χ4n) is 2.05. The predicted molar refractivity (Wildman–Crippen MR) is 85.5 cm³/mol. The number of Topliss-reactive ketones (excluding diaryl/α,β-unsaturated/α-hetero) is 1. The summed E-state index contributed by atoms with van der Waals surface area (Å²) in [6, 6.07) is 0.520. The van der Waals surface area contributed by atoms with Crippen LogP contribution >= 0.6 is 0 Å². The van der Waals surface area contributed by atoms with Crippen LogP contribution < -0.4 is 5.32 Å². The van der Waals surface area contributed by atoms with Crippen molar-refractivity contribution in [3.8, 4) is 0 Å². The monoisotopic (exact) mass is 351 g/mol. The maximum absolute atomic E-state index is 12.4. The predicted octanol–water partition coefficient (Wildman–Crippen LogP) is 1.05. The molecule has 0 aliphatic heterocycles. The molecule has 1 aromatic heterocycles. The second-order valence-corrected chi connectivity index (χ2v) is 5.47. The summed E-state index contributed by atoms with van der Waals surface area (Å²) in [7, 11) is 1.35. The van der Waals surface area contributed by atoms with Gasteiger partial charge in [0.15, 0.2) is 6.10 Å². The molecule has 0 aromatic carbocycles. The smallest absolute Gasteiger partial charge is 0.328 e. The number of nitrogens with zero attached hydrogens (tertiary/aromatic N) is 2. The molecule has 1 N–H and O–H groups in total. The quantitative estimate of drug-likeness (QED) is 0.290. The maximum Gasteiger partial charge on any atom is 0.328 e. The summed E-state index contributed by atoms with van der Waals surface area (Å²) >= 11 is 0. The van der Waals surface area contributed by atoms with Gasteiger partial charge in [-0.15, -0.1) is 0 Å². The number of carbonyl (C=O) groups excluding carboxylic acids is 3. The largest absolute Gasteiger partial charge is 0.472 e. The van der Waals surface area contributed by atoms with Crippen LogP contribution in [0.5, 0.6) is 0 Å². The molecule has 0 spiro atoms. The number of rotatable bonds is 10. The van der Waals surface area contributed by atoms with Crippen LogP contribution in [-0.4, -0.2) is 47.9 Å². The fraction of sp³-hybridized carbons (Fsp3) is 0.500. The molecular weight excluding hydrogens is 330 g/mol. The Labute approximate surface area is 144 Å². The first-order chi connectivity index (χ1) is 11.9. The van der Waals surface area contributed by atoms with Crippen molar-refractivity contribution in [2.75, 3.05) is 7.11 Å². The van der Waals surface area contributed by atoms with Gasteiger partial charge in [0.25, 0.3) is 5.91 Å². The minimum absolute atomic E-state index is 0.00995. The first-order valence-corrected chi connectivity index (χ1v) is 7.65. The van der Waals surface area contributed by atoms with Crippen molar-refractivity contribution in [2.24, 2.45) is 0 Å². The maximum atomic E-state index is 12.4. The number of amides is 1. The van der Waals surface area contributed by atoms with E-state index in [0.29, 0.717) is 5.56 Å². The van der Waals surface area contributed by atoms with Crippen LogP contribution in [0.1, 0.15) is 38.4 Å². The number of hydrogen-bond donors (Lipinski definition) is 1. The van der Waals surface area contributed by atoms with E-state index < -0.39 is 29.8 Å². The van der Waals surface area contributed by atoms with Gasteiger partial charge >= 0.3 is 12.2 Å². The summed E-state index contributed by atoms with van der Waals surface area (Å²) in [5.74, 6) is -1.73. The number of nitrogens with one attached hydrogen (secondary N) is 1. The fourth-order valence-corrected chi connectivity index (χ4v) is 2.05. The summed E-state index contributed by atoms with van der Waals surface area (Å²) in [6.45, 7) is 3.34. The van der Waals surface area contributed by atoms with E-state index in [2.05, 4.69) is 10.1 Å². The lowest BCUT2D eigenvalue weighted by molar-refractivity contribution is -0.152. The minimum Gasteiger partial charge on any atom is -0.472 e. The zero-order valence-electron chi connectivity index (χ0n) is 14.3. The van der Waals surface area contributed by atoms with Gasteiger partial charge in [-0.1, -0.05) is 0 Å². The highest BCUT2D eigenvalue weighted by Crippen LogP contribution is 2.18. The SMILES string of the molecule is CO[C@@H](C(=O)N[C@@H](CCC(=O)C=[N+]=[N-])C(=O)OC(C)C)c1ccoc1. The van der Waals surface area contributed by atoms with Crippen LogP contribution in [0, 0.1) is 0 Å². The second kappa shape index (κ2) is 10.2. The zero-order valence-corrected chi connectivity index (χ0v) is 14.3. The Kier molecular flexibility index (Phi) is 8.25. The highest BCUT2D eigenvalue weighted by atomic mass is 16.5. The number of ether oxygens (including phenoxy) is 2. The van der Waals surface area contributed by atoms with Gasteiger partial charge in [-0.2, -0.15) is 4.79 Å². The molecule has 0 saturated carbocycles. The van der Waals surface area contributed by atoms with Crippen molar-refractivity contribution in [1.82, 2.24) is 5.32 Å². The third-order valence-electron chi connectivity index (χ3n) is 3.15. The summed E-state index contributed by atoms with van der Waals surface area (Å²) in [4.78, 5) is 38.7. The summed E-state index contributed by atoms with van der Waals surface area (Å²) in [5, 5.41) is 2.52. The molecule has 0 aliphatic rings. The Bertz CT molecular complexity index is 634. The van der Waals surface area contributed by atoms with Crippen molar-refractivity contribution in [3.05, 3.63) is 29.7 Å². The van der Waals surface area contributed by atoms with Crippen molar-refractivity contribution in [3.63, 3.8) is 0 Å². The zero-order chi connectivity index (χ0) is 18.8. The van der Waals surface area contributed by atoms with Crippen LogP contribution in [0.15, 0.2) is 23.0 Å².